The number of unbranched alkanes of at least 4 members (excludes halogenated alkanes) is 1. The molecule has 1 N–H and O–H groups in total. The Morgan fingerprint density at radius 3 is 2.37 bits per heavy atom. The number of hydrogen-bond donors (Lipinski definition) is 1. The average molecular weight is 263 g/mol. The van der Waals surface area contributed by atoms with Gasteiger partial charge in [-0.1, -0.05) is 26.7 Å². The van der Waals surface area contributed by atoms with E-state index in [0.717, 1.165) is 31.0 Å². The molecule has 0 amide bonds. The van der Waals surface area contributed by atoms with E-state index < -0.39 is 0 Å². The largest absolute Gasteiger partial charge is 0.381 e. The Hall–Kier alpha value is -1.25. The molecule has 0 aliphatic heterocycles. The minimum Gasteiger partial charge on any atom is -0.381 e. The van der Waals surface area contributed by atoms with E-state index in [4.69, 9.17) is 0 Å². The second-order valence-corrected chi connectivity index (χ2v) is 4.97. The van der Waals surface area contributed by atoms with Crippen LogP contribution < -0.4 is 10.2 Å². The van der Waals surface area contributed by atoms with E-state index in [0.29, 0.717) is 6.04 Å². The van der Waals surface area contributed by atoms with Gasteiger partial charge in [-0.3, -0.25) is 0 Å². The minimum absolute atomic E-state index is 0.570. The molecule has 1 aromatic rings. The predicted molar refractivity (Wildman–Crippen MR) is 85.0 cm³/mol. The van der Waals surface area contributed by atoms with Crippen molar-refractivity contribution in [2.75, 3.05) is 23.3 Å². The molecular formula is C16H29N3. The van der Waals surface area contributed by atoms with Gasteiger partial charge in [-0.2, -0.15) is 0 Å². The Balaban J connectivity index is 2.60. The molecule has 1 aromatic heterocycles. The third kappa shape index (κ3) is 5.09. The van der Waals surface area contributed by atoms with Crippen molar-refractivity contribution in [2.45, 2.75) is 59.4 Å². The van der Waals surface area contributed by atoms with Crippen molar-refractivity contribution in [3.8, 4) is 0 Å². The molecule has 0 saturated heterocycles. The Kier molecular flexibility index (Phi) is 7.31. The number of anilines is 2. The van der Waals surface area contributed by atoms with Gasteiger partial charge in [0, 0.05) is 19.1 Å². The van der Waals surface area contributed by atoms with Crippen molar-refractivity contribution in [2.24, 2.45) is 0 Å². The fourth-order valence-corrected chi connectivity index (χ4v) is 2.27. The summed E-state index contributed by atoms with van der Waals surface area (Å²) in [6.07, 6.45) is 6.92. The van der Waals surface area contributed by atoms with E-state index in [1.807, 2.05) is 6.20 Å². The molecule has 0 aliphatic carbocycles. The second-order valence-electron chi connectivity index (χ2n) is 4.97. The molecule has 0 radical (unpaired) electrons. The summed E-state index contributed by atoms with van der Waals surface area (Å²) in [5.41, 5.74) is 1.14. The minimum atomic E-state index is 0.570. The van der Waals surface area contributed by atoms with Crippen LogP contribution in [0.25, 0.3) is 0 Å². The number of nitrogens with zero attached hydrogens (tertiary/aromatic N) is 2. The van der Waals surface area contributed by atoms with Crippen LogP contribution in [-0.4, -0.2) is 24.1 Å². The van der Waals surface area contributed by atoms with Crippen molar-refractivity contribution in [3.05, 3.63) is 18.3 Å². The molecule has 3 nitrogen and oxygen atoms in total. The quantitative estimate of drug-likeness (QED) is 0.719. The second kappa shape index (κ2) is 8.78. The van der Waals surface area contributed by atoms with E-state index in [9.17, 15) is 0 Å². The number of hydrogen-bond acceptors (Lipinski definition) is 3. The molecule has 0 aromatic carbocycles. The first-order valence-electron chi connectivity index (χ1n) is 7.72. The zero-order valence-electron chi connectivity index (χ0n) is 12.9. The maximum atomic E-state index is 4.55. The lowest BCUT2D eigenvalue weighted by Gasteiger charge is -2.21. The van der Waals surface area contributed by atoms with Crippen LogP contribution in [0.5, 0.6) is 0 Å². The molecule has 0 saturated carbocycles. The molecule has 1 heterocycles. The van der Waals surface area contributed by atoms with Crippen LogP contribution in [0.2, 0.25) is 0 Å². The summed E-state index contributed by atoms with van der Waals surface area (Å²) in [5.74, 6) is 1.07. The maximum absolute atomic E-state index is 4.55. The van der Waals surface area contributed by atoms with Gasteiger partial charge in [0.25, 0.3) is 0 Å². The highest BCUT2D eigenvalue weighted by Gasteiger charge is 2.07. The van der Waals surface area contributed by atoms with Crippen molar-refractivity contribution in [1.29, 1.82) is 0 Å². The Morgan fingerprint density at radius 1 is 1.16 bits per heavy atom. The SMILES string of the molecule is CCCCC(CC)Nc1ccc(N(CC)CC)nc1. The molecule has 0 bridgehead atoms. The van der Waals surface area contributed by atoms with E-state index in [1.165, 1.54) is 19.3 Å². The number of nitrogens with one attached hydrogen (secondary N) is 1. The molecule has 3 heteroatoms. The van der Waals surface area contributed by atoms with Gasteiger partial charge in [0.15, 0.2) is 0 Å². The van der Waals surface area contributed by atoms with Gasteiger partial charge < -0.3 is 10.2 Å². The maximum Gasteiger partial charge on any atom is 0.128 e. The van der Waals surface area contributed by atoms with Crippen LogP contribution in [0.3, 0.4) is 0 Å². The molecule has 1 atom stereocenters. The number of pyridine rings is 1. The van der Waals surface area contributed by atoms with E-state index >= 15 is 0 Å². The van der Waals surface area contributed by atoms with Gasteiger partial charge in [0.2, 0.25) is 0 Å². The summed E-state index contributed by atoms with van der Waals surface area (Å²) >= 11 is 0. The molecule has 0 aliphatic rings. The average Bonchev–Trinajstić information content (AvgIpc) is 2.46. The smallest absolute Gasteiger partial charge is 0.128 e. The Morgan fingerprint density at radius 2 is 1.89 bits per heavy atom. The zero-order valence-corrected chi connectivity index (χ0v) is 12.9. The molecule has 19 heavy (non-hydrogen) atoms. The fourth-order valence-electron chi connectivity index (χ4n) is 2.27. The van der Waals surface area contributed by atoms with Crippen LogP contribution in [0, 0.1) is 0 Å². The first-order valence-corrected chi connectivity index (χ1v) is 7.72. The summed E-state index contributed by atoms with van der Waals surface area (Å²) in [6, 6.07) is 4.83. The van der Waals surface area contributed by atoms with Crippen LogP contribution in [-0.2, 0) is 0 Å². The van der Waals surface area contributed by atoms with Gasteiger partial charge in [0.05, 0.1) is 11.9 Å². The molecule has 1 rings (SSSR count). The normalized spacial score (nSPS) is 12.2. The van der Waals surface area contributed by atoms with Crippen LogP contribution in [0.1, 0.15) is 53.4 Å². The predicted octanol–water partition coefficient (Wildman–Crippen LogP) is 4.31. The van der Waals surface area contributed by atoms with Crippen molar-refractivity contribution in [3.63, 3.8) is 0 Å². The zero-order chi connectivity index (χ0) is 14.1. The molecule has 1 unspecified atom stereocenters. The summed E-state index contributed by atoms with van der Waals surface area (Å²) in [5, 5.41) is 3.58. The summed E-state index contributed by atoms with van der Waals surface area (Å²) in [4.78, 5) is 6.81. The summed E-state index contributed by atoms with van der Waals surface area (Å²) in [6.45, 7) is 10.8. The first-order chi connectivity index (χ1) is 9.24. The third-order valence-corrected chi connectivity index (χ3v) is 3.61. The lowest BCUT2D eigenvalue weighted by Crippen LogP contribution is -2.23. The molecule has 108 valence electrons. The van der Waals surface area contributed by atoms with Crippen molar-refractivity contribution < 1.29 is 0 Å². The highest BCUT2D eigenvalue weighted by Crippen LogP contribution is 2.16. The standard InChI is InChI=1S/C16H29N3/c1-5-9-10-14(6-2)18-15-11-12-16(17-13-15)19(7-3)8-4/h11-14,18H,5-10H2,1-4H3. The van der Waals surface area contributed by atoms with E-state index in [1.54, 1.807) is 0 Å². The van der Waals surface area contributed by atoms with Gasteiger partial charge in [0.1, 0.15) is 5.82 Å². The Bertz CT molecular complexity index is 330. The lowest BCUT2D eigenvalue weighted by atomic mass is 10.1. The van der Waals surface area contributed by atoms with Gasteiger partial charge in [-0.05, 0) is 38.8 Å². The van der Waals surface area contributed by atoms with Crippen LogP contribution in [0.15, 0.2) is 18.3 Å². The van der Waals surface area contributed by atoms with Gasteiger partial charge in [-0.15, -0.1) is 0 Å². The molecule has 0 spiro atoms. The fraction of sp³-hybridized carbons (Fsp3) is 0.688. The van der Waals surface area contributed by atoms with Gasteiger partial charge in [-0.25, -0.2) is 4.98 Å². The van der Waals surface area contributed by atoms with E-state index in [2.05, 4.69) is 55.0 Å². The highest BCUT2D eigenvalue weighted by molar-refractivity contribution is 5.49. The Labute approximate surface area is 118 Å². The van der Waals surface area contributed by atoms with Gasteiger partial charge >= 0.3 is 0 Å². The lowest BCUT2D eigenvalue weighted by molar-refractivity contribution is 0.593. The topological polar surface area (TPSA) is 28.2 Å². The third-order valence-electron chi connectivity index (χ3n) is 3.61. The number of rotatable bonds is 9. The molecule has 0 fully saturated rings. The summed E-state index contributed by atoms with van der Waals surface area (Å²) < 4.78 is 0. The van der Waals surface area contributed by atoms with Crippen LogP contribution in [0.4, 0.5) is 11.5 Å². The summed E-state index contributed by atoms with van der Waals surface area (Å²) in [7, 11) is 0. The van der Waals surface area contributed by atoms with Crippen molar-refractivity contribution in [1.82, 2.24) is 4.98 Å². The van der Waals surface area contributed by atoms with Crippen LogP contribution >= 0.6 is 0 Å². The number of aromatic nitrogens is 1. The van der Waals surface area contributed by atoms with Crippen molar-refractivity contribution >= 4 is 11.5 Å². The molecular weight excluding hydrogens is 234 g/mol. The highest BCUT2D eigenvalue weighted by atomic mass is 15.2. The monoisotopic (exact) mass is 263 g/mol. The van der Waals surface area contributed by atoms with E-state index in [-0.39, 0.29) is 0 Å². The first kappa shape index (κ1) is 15.8.